The van der Waals surface area contributed by atoms with Crippen LogP contribution in [0.3, 0.4) is 0 Å². The van der Waals surface area contributed by atoms with Crippen molar-refractivity contribution in [2.75, 3.05) is 10.0 Å². The summed E-state index contributed by atoms with van der Waals surface area (Å²) in [4.78, 5) is 12.6. The fourth-order valence-corrected chi connectivity index (χ4v) is 3.96. The molecule has 0 aliphatic heterocycles. The summed E-state index contributed by atoms with van der Waals surface area (Å²) in [5.74, 6) is -0.851. The minimum atomic E-state index is -4.59. The van der Waals surface area contributed by atoms with Crippen molar-refractivity contribution >= 4 is 50.5 Å². The van der Waals surface area contributed by atoms with Crippen molar-refractivity contribution in [2.45, 2.75) is 11.1 Å². The Kier molecular flexibility index (Phi) is 6.49. The van der Waals surface area contributed by atoms with Gasteiger partial charge in [0.15, 0.2) is 0 Å². The molecule has 0 saturated carbocycles. The second kappa shape index (κ2) is 8.78. The van der Waals surface area contributed by atoms with Crippen LogP contribution in [0.25, 0.3) is 0 Å². The lowest BCUT2D eigenvalue weighted by atomic mass is 10.1. The van der Waals surface area contributed by atoms with Gasteiger partial charge in [-0.2, -0.15) is 13.2 Å². The molecule has 0 aliphatic rings. The van der Waals surface area contributed by atoms with Crippen molar-refractivity contribution in [3.8, 4) is 0 Å². The average molecular weight is 489 g/mol. The van der Waals surface area contributed by atoms with E-state index < -0.39 is 27.7 Å². The van der Waals surface area contributed by atoms with Gasteiger partial charge in [0.2, 0.25) is 0 Å². The molecule has 0 heterocycles. The Morgan fingerprint density at radius 1 is 0.871 bits per heavy atom. The van der Waals surface area contributed by atoms with Crippen LogP contribution in [0.15, 0.2) is 71.6 Å². The molecule has 0 saturated heterocycles. The Labute approximate surface area is 185 Å². The highest BCUT2D eigenvalue weighted by atomic mass is 35.5. The molecule has 0 bridgehead atoms. The largest absolute Gasteiger partial charge is 0.416 e. The normalized spacial score (nSPS) is 11.8. The van der Waals surface area contributed by atoms with Crippen LogP contribution in [0.2, 0.25) is 10.0 Å². The molecular weight excluding hydrogens is 476 g/mol. The van der Waals surface area contributed by atoms with Crippen LogP contribution in [0.4, 0.5) is 24.5 Å². The zero-order valence-corrected chi connectivity index (χ0v) is 17.7. The van der Waals surface area contributed by atoms with E-state index in [2.05, 4.69) is 10.0 Å². The first kappa shape index (κ1) is 22.9. The van der Waals surface area contributed by atoms with Crippen LogP contribution in [0.1, 0.15) is 15.9 Å². The highest BCUT2D eigenvalue weighted by Gasteiger charge is 2.30. The maximum absolute atomic E-state index is 12.9. The van der Waals surface area contributed by atoms with Crippen LogP contribution >= 0.6 is 23.2 Å². The molecule has 0 aliphatic carbocycles. The van der Waals surface area contributed by atoms with E-state index in [1.165, 1.54) is 48.5 Å². The predicted molar refractivity (Wildman–Crippen MR) is 113 cm³/mol. The summed E-state index contributed by atoms with van der Waals surface area (Å²) < 4.78 is 66.3. The number of nitrogens with one attached hydrogen (secondary N) is 2. The first-order valence-corrected chi connectivity index (χ1v) is 10.8. The fraction of sp³-hybridized carbons (Fsp3) is 0.0500. The monoisotopic (exact) mass is 488 g/mol. The van der Waals surface area contributed by atoms with Crippen molar-refractivity contribution in [3.05, 3.63) is 87.9 Å². The van der Waals surface area contributed by atoms with Crippen molar-refractivity contribution in [2.24, 2.45) is 0 Å². The number of carbonyl (C=O) groups is 1. The molecule has 0 radical (unpaired) electrons. The molecule has 0 atom stereocenters. The van der Waals surface area contributed by atoms with Gasteiger partial charge in [0.05, 0.1) is 21.7 Å². The molecule has 5 nitrogen and oxygen atoms in total. The molecule has 1 amide bonds. The maximum atomic E-state index is 12.9. The Balaban J connectivity index is 1.91. The van der Waals surface area contributed by atoms with E-state index in [4.69, 9.17) is 23.2 Å². The lowest BCUT2D eigenvalue weighted by molar-refractivity contribution is -0.137. The standard InChI is InChI=1S/C20H13Cl2F3N2O3S/c21-13-4-7-16(8-5-13)31(29,30)27-18-9-6-14(22)11-17(18)19(28)26-15-3-1-2-12(10-15)20(23,24)25/h1-11,27H,(H,26,28). The number of anilines is 2. The molecule has 162 valence electrons. The van der Waals surface area contributed by atoms with Gasteiger partial charge in [0.25, 0.3) is 15.9 Å². The number of alkyl halides is 3. The lowest BCUT2D eigenvalue weighted by Gasteiger charge is -2.14. The molecular formula is C20H13Cl2F3N2O3S. The zero-order valence-electron chi connectivity index (χ0n) is 15.4. The third-order valence-electron chi connectivity index (χ3n) is 4.04. The predicted octanol–water partition coefficient (Wildman–Crippen LogP) is 6.07. The lowest BCUT2D eigenvalue weighted by Crippen LogP contribution is -2.19. The molecule has 0 unspecified atom stereocenters. The van der Waals surface area contributed by atoms with Crippen molar-refractivity contribution in [3.63, 3.8) is 0 Å². The molecule has 0 fully saturated rings. The van der Waals surface area contributed by atoms with Gasteiger partial charge >= 0.3 is 6.18 Å². The van der Waals surface area contributed by atoms with Crippen LogP contribution < -0.4 is 10.0 Å². The molecule has 3 rings (SSSR count). The number of sulfonamides is 1. The maximum Gasteiger partial charge on any atom is 0.416 e. The highest BCUT2D eigenvalue weighted by molar-refractivity contribution is 7.92. The Morgan fingerprint density at radius 2 is 1.52 bits per heavy atom. The first-order valence-electron chi connectivity index (χ1n) is 8.52. The van der Waals surface area contributed by atoms with Gasteiger partial charge in [-0.05, 0) is 60.7 Å². The molecule has 3 aromatic rings. The quantitative estimate of drug-likeness (QED) is 0.457. The van der Waals surface area contributed by atoms with E-state index in [0.29, 0.717) is 5.02 Å². The van der Waals surface area contributed by atoms with E-state index in [1.807, 2.05) is 0 Å². The third kappa shape index (κ3) is 5.69. The highest BCUT2D eigenvalue weighted by Crippen LogP contribution is 2.31. The number of carbonyl (C=O) groups excluding carboxylic acids is 1. The minimum absolute atomic E-state index is 0.101. The van der Waals surface area contributed by atoms with Crippen molar-refractivity contribution in [1.29, 1.82) is 0 Å². The van der Waals surface area contributed by atoms with E-state index in [0.717, 1.165) is 18.2 Å². The fourth-order valence-electron chi connectivity index (χ4n) is 2.58. The molecule has 0 aromatic heterocycles. The number of amides is 1. The van der Waals surface area contributed by atoms with Crippen LogP contribution in [0, 0.1) is 0 Å². The van der Waals surface area contributed by atoms with Gasteiger partial charge < -0.3 is 5.32 Å². The summed E-state index contributed by atoms with van der Waals surface area (Å²) in [6.45, 7) is 0. The van der Waals surface area contributed by atoms with Gasteiger partial charge in [-0.3, -0.25) is 9.52 Å². The number of hydrogen-bond donors (Lipinski definition) is 2. The Hall–Kier alpha value is -2.75. The van der Waals surface area contributed by atoms with E-state index in [9.17, 15) is 26.4 Å². The van der Waals surface area contributed by atoms with Gasteiger partial charge in [0, 0.05) is 15.7 Å². The van der Waals surface area contributed by atoms with Gasteiger partial charge in [-0.1, -0.05) is 29.3 Å². The Bertz CT molecular complexity index is 1230. The summed E-state index contributed by atoms with van der Waals surface area (Å²) in [5.41, 5.74) is -1.35. The second-order valence-corrected chi connectivity index (χ2v) is 8.84. The molecule has 0 spiro atoms. The van der Waals surface area contributed by atoms with Crippen molar-refractivity contribution < 1.29 is 26.4 Å². The zero-order chi connectivity index (χ0) is 22.8. The molecule has 3 aromatic carbocycles. The Morgan fingerprint density at radius 3 is 2.16 bits per heavy atom. The van der Waals surface area contributed by atoms with E-state index in [1.54, 1.807) is 0 Å². The molecule has 11 heteroatoms. The van der Waals surface area contributed by atoms with E-state index >= 15 is 0 Å². The SMILES string of the molecule is O=C(Nc1cccc(C(F)(F)F)c1)c1cc(Cl)ccc1NS(=O)(=O)c1ccc(Cl)cc1. The number of rotatable bonds is 5. The van der Waals surface area contributed by atoms with Crippen LogP contribution in [-0.4, -0.2) is 14.3 Å². The topological polar surface area (TPSA) is 75.3 Å². The second-order valence-electron chi connectivity index (χ2n) is 6.28. The summed E-state index contributed by atoms with van der Waals surface area (Å²) in [6.07, 6.45) is -4.59. The summed E-state index contributed by atoms with van der Waals surface area (Å²) in [7, 11) is -4.08. The summed E-state index contributed by atoms with van der Waals surface area (Å²) in [5, 5.41) is 2.79. The molecule has 2 N–H and O–H groups in total. The van der Waals surface area contributed by atoms with Gasteiger partial charge in [0.1, 0.15) is 0 Å². The van der Waals surface area contributed by atoms with Crippen LogP contribution in [0.5, 0.6) is 0 Å². The smallest absolute Gasteiger partial charge is 0.322 e. The average Bonchev–Trinajstić information content (AvgIpc) is 2.69. The number of hydrogen-bond acceptors (Lipinski definition) is 3. The molecule has 31 heavy (non-hydrogen) atoms. The van der Waals surface area contributed by atoms with Crippen molar-refractivity contribution in [1.82, 2.24) is 0 Å². The minimum Gasteiger partial charge on any atom is -0.322 e. The van der Waals surface area contributed by atoms with Crippen LogP contribution in [-0.2, 0) is 16.2 Å². The summed E-state index contributed by atoms with van der Waals surface area (Å²) in [6, 6.07) is 13.2. The van der Waals surface area contributed by atoms with E-state index in [-0.39, 0.29) is 26.9 Å². The number of benzene rings is 3. The van der Waals surface area contributed by atoms with Gasteiger partial charge in [-0.25, -0.2) is 8.42 Å². The van der Waals surface area contributed by atoms with Gasteiger partial charge in [-0.15, -0.1) is 0 Å². The third-order valence-corrected chi connectivity index (χ3v) is 5.91. The number of halogens is 5. The first-order chi connectivity index (χ1) is 14.5. The summed E-state index contributed by atoms with van der Waals surface area (Å²) >= 11 is 11.7.